The number of aromatic nitrogens is 1. The Hall–Kier alpha value is -2.71. The van der Waals surface area contributed by atoms with Gasteiger partial charge in [-0.25, -0.2) is 4.98 Å². The van der Waals surface area contributed by atoms with Crippen LogP contribution in [0.3, 0.4) is 0 Å². The molecule has 0 bridgehead atoms. The molecule has 0 saturated carbocycles. The van der Waals surface area contributed by atoms with Gasteiger partial charge in [0.25, 0.3) is 5.91 Å². The summed E-state index contributed by atoms with van der Waals surface area (Å²) in [6.45, 7) is 0.557. The number of nitrogens with one attached hydrogen (secondary N) is 1. The van der Waals surface area contributed by atoms with Crippen LogP contribution in [0.2, 0.25) is 0 Å². The highest BCUT2D eigenvalue weighted by Crippen LogP contribution is 2.25. The van der Waals surface area contributed by atoms with Gasteiger partial charge in [-0.3, -0.25) is 4.79 Å². The molecule has 1 aromatic carbocycles. The molecule has 1 N–H and O–H groups in total. The van der Waals surface area contributed by atoms with Crippen molar-refractivity contribution in [2.75, 3.05) is 6.54 Å². The first-order valence-electron chi connectivity index (χ1n) is 6.87. The number of nitrogens with zero attached hydrogens (tertiary/aromatic N) is 2. The second kappa shape index (κ2) is 6.37. The van der Waals surface area contributed by atoms with Gasteiger partial charge in [0.05, 0.1) is 5.56 Å². The van der Waals surface area contributed by atoms with Gasteiger partial charge in [-0.2, -0.15) is 5.26 Å². The summed E-state index contributed by atoms with van der Waals surface area (Å²) in [7, 11) is 0. The van der Waals surface area contributed by atoms with E-state index >= 15 is 0 Å². The zero-order chi connectivity index (χ0) is 15.4. The third kappa shape index (κ3) is 2.97. The fourth-order valence-electron chi connectivity index (χ4n) is 2.22. The lowest BCUT2D eigenvalue weighted by atomic mass is 10.1. The van der Waals surface area contributed by atoms with E-state index in [1.54, 1.807) is 23.5 Å². The van der Waals surface area contributed by atoms with Crippen LogP contribution < -0.4 is 5.32 Å². The molecule has 4 nitrogen and oxygen atoms in total. The number of hydrogen-bond donors (Lipinski definition) is 1. The number of benzene rings is 1. The lowest BCUT2D eigenvalue weighted by Gasteiger charge is -2.04. The maximum atomic E-state index is 12.0. The van der Waals surface area contributed by atoms with Crippen LogP contribution in [0.25, 0.3) is 10.1 Å². The minimum atomic E-state index is -0.218. The van der Waals surface area contributed by atoms with Gasteiger partial charge in [-0.05, 0) is 40.9 Å². The molecule has 0 unspecified atom stereocenters. The Morgan fingerprint density at radius 2 is 2.14 bits per heavy atom. The highest BCUT2D eigenvalue weighted by Gasteiger charge is 2.08. The number of hydrogen-bond acceptors (Lipinski definition) is 4. The molecule has 0 atom stereocenters. The summed E-state index contributed by atoms with van der Waals surface area (Å²) in [5, 5.41) is 15.0. The molecule has 0 fully saturated rings. The lowest BCUT2D eigenvalue weighted by molar-refractivity contribution is 0.0949. The zero-order valence-corrected chi connectivity index (χ0v) is 12.6. The highest BCUT2D eigenvalue weighted by atomic mass is 32.1. The summed E-state index contributed by atoms with van der Waals surface area (Å²) in [6.07, 6.45) is 2.19. The molecule has 0 radical (unpaired) electrons. The molecule has 0 aliphatic rings. The van der Waals surface area contributed by atoms with E-state index in [4.69, 9.17) is 5.26 Å². The normalized spacial score (nSPS) is 10.3. The van der Waals surface area contributed by atoms with Crippen LogP contribution >= 0.6 is 11.3 Å². The predicted molar refractivity (Wildman–Crippen MR) is 86.8 cm³/mol. The van der Waals surface area contributed by atoms with E-state index in [9.17, 15) is 4.79 Å². The quantitative estimate of drug-likeness (QED) is 0.805. The second-order valence-corrected chi connectivity index (χ2v) is 5.72. The molecule has 5 heteroatoms. The van der Waals surface area contributed by atoms with Gasteiger partial charge < -0.3 is 5.32 Å². The standard InChI is InChI=1S/C17H13N3OS/c18-9-12-5-6-15(20-10-12)17(21)19-8-7-13-11-22-16-4-2-1-3-14(13)16/h1-6,10-11H,7-8H2,(H,19,21). The van der Waals surface area contributed by atoms with Crippen molar-refractivity contribution in [2.45, 2.75) is 6.42 Å². The number of fused-ring (bicyclic) bond motifs is 1. The van der Waals surface area contributed by atoms with Crippen molar-refractivity contribution in [2.24, 2.45) is 0 Å². The lowest BCUT2D eigenvalue weighted by Crippen LogP contribution is -2.26. The molecule has 2 heterocycles. The Kier molecular flexibility index (Phi) is 4.12. The largest absolute Gasteiger partial charge is 0.350 e. The van der Waals surface area contributed by atoms with E-state index in [-0.39, 0.29) is 5.91 Å². The van der Waals surface area contributed by atoms with E-state index in [1.807, 2.05) is 18.2 Å². The first kappa shape index (κ1) is 14.2. The van der Waals surface area contributed by atoms with Crippen LogP contribution in [0.4, 0.5) is 0 Å². The van der Waals surface area contributed by atoms with Crippen LogP contribution in [-0.2, 0) is 6.42 Å². The molecule has 3 aromatic rings. The van der Waals surface area contributed by atoms with E-state index in [2.05, 4.69) is 27.8 Å². The number of carbonyl (C=O) groups excluding carboxylic acids is 1. The summed E-state index contributed by atoms with van der Waals surface area (Å²) < 4.78 is 1.26. The molecular weight excluding hydrogens is 294 g/mol. The number of thiophene rings is 1. The van der Waals surface area contributed by atoms with E-state index in [0.29, 0.717) is 17.8 Å². The Morgan fingerprint density at radius 3 is 2.91 bits per heavy atom. The fraction of sp³-hybridized carbons (Fsp3) is 0.118. The first-order valence-corrected chi connectivity index (χ1v) is 7.75. The second-order valence-electron chi connectivity index (χ2n) is 4.81. The average molecular weight is 307 g/mol. The molecule has 0 aliphatic carbocycles. The van der Waals surface area contributed by atoms with Crippen molar-refractivity contribution >= 4 is 27.3 Å². The van der Waals surface area contributed by atoms with Crippen LogP contribution in [0.15, 0.2) is 48.0 Å². The van der Waals surface area contributed by atoms with Crippen LogP contribution in [-0.4, -0.2) is 17.4 Å². The molecule has 0 saturated heterocycles. The number of pyridine rings is 1. The molecule has 0 spiro atoms. The molecule has 3 rings (SSSR count). The SMILES string of the molecule is N#Cc1ccc(C(=O)NCCc2csc3ccccc23)nc1. The Labute approximate surface area is 132 Å². The number of carbonyl (C=O) groups is 1. The molecule has 2 aromatic heterocycles. The first-order chi connectivity index (χ1) is 10.8. The summed E-state index contributed by atoms with van der Waals surface area (Å²) in [5.74, 6) is -0.218. The predicted octanol–water partition coefficient (Wildman–Crippen LogP) is 3.14. The number of nitriles is 1. The van der Waals surface area contributed by atoms with E-state index in [0.717, 1.165) is 6.42 Å². The van der Waals surface area contributed by atoms with Gasteiger partial charge in [0.2, 0.25) is 0 Å². The number of amides is 1. The van der Waals surface area contributed by atoms with Crippen molar-refractivity contribution in [3.05, 3.63) is 64.8 Å². The van der Waals surface area contributed by atoms with Crippen molar-refractivity contribution in [1.82, 2.24) is 10.3 Å². The molecule has 108 valence electrons. The molecule has 1 amide bonds. The summed E-state index contributed by atoms with van der Waals surface area (Å²) in [5.41, 5.74) is 2.02. The topological polar surface area (TPSA) is 65.8 Å². The Morgan fingerprint density at radius 1 is 1.27 bits per heavy atom. The van der Waals surface area contributed by atoms with Crippen molar-refractivity contribution in [3.8, 4) is 6.07 Å². The van der Waals surface area contributed by atoms with Gasteiger partial charge >= 0.3 is 0 Å². The average Bonchev–Trinajstić information content (AvgIpc) is 2.98. The van der Waals surface area contributed by atoms with E-state index in [1.165, 1.54) is 21.8 Å². The van der Waals surface area contributed by atoms with Crippen LogP contribution in [0.1, 0.15) is 21.6 Å². The van der Waals surface area contributed by atoms with E-state index < -0.39 is 0 Å². The number of rotatable bonds is 4. The third-order valence-corrected chi connectivity index (χ3v) is 4.38. The molecule has 0 aliphatic heterocycles. The monoisotopic (exact) mass is 307 g/mol. The summed E-state index contributed by atoms with van der Waals surface area (Å²) in [6, 6.07) is 13.4. The van der Waals surface area contributed by atoms with Crippen molar-refractivity contribution < 1.29 is 4.79 Å². The van der Waals surface area contributed by atoms with Gasteiger partial charge in [-0.1, -0.05) is 18.2 Å². The Balaban J connectivity index is 1.60. The minimum absolute atomic E-state index is 0.218. The summed E-state index contributed by atoms with van der Waals surface area (Å²) >= 11 is 1.72. The van der Waals surface area contributed by atoms with Crippen molar-refractivity contribution in [3.63, 3.8) is 0 Å². The van der Waals surface area contributed by atoms with Gasteiger partial charge in [0.15, 0.2) is 0 Å². The van der Waals surface area contributed by atoms with Crippen molar-refractivity contribution in [1.29, 1.82) is 5.26 Å². The Bertz CT molecular complexity index is 846. The van der Waals surface area contributed by atoms with Crippen LogP contribution in [0, 0.1) is 11.3 Å². The third-order valence-electron chi connectivity index (χ3n) is 3.37. The minimum Gasteiger partial charge on any atom is -0.350 e. The highest BCUT2D eigenvalue weighted by molar-refractivity contribution is 7.17. The fourth-order valence-corrected chi connectivity index (χ4v) is 3.22. The smallest absolute Gasteiger partial charge is 0.269 e. The summed E-state index contributed by atoms with van der Waals surface area (Å²) in [4.78, 5) is 16.0. The van der Waals surface area contributed by atoms with Gasteiger partial charge in [0, 0.05) is 17.4 Å². The van der Waals surface area contributed by atoms with Crippen LogP contribution in [0.5, 0.6) is 0 Å². The van der Waals surface area contributed by atoms with Gasteiger partial charge in [-0.15, -0.1) is 11.3 Å². The molecular formula is C17H13N3OS. The zero-order valence-electron chi connectivity index (χ0n) is 11.7. The molecule has 22 heavy (non-hydrogen) atoms. The maximum Gasteiger partial charge on any atom is 0.269 e. The van der Waals surface area contributed by atoms with Gasteiger partial charge in [0.1, 0.15) is 11.8 Å². The maximum absolute atomic E-state index is 12.0.